The number of carbonyl (C=O) groups is 1. The summed E-state index contributed by atoms with van der Waals surface area (Å²) in [6.45, 7) is 2.38. The van der Waals surface area contributed by atoms with Crippen LogP contribution in [0.15, 0.2) is 24.3 Å². The third-order valence-corrected chi connectivity index (χ3v) is 1.79. The van der Waals surface area contributed by atoms with Gasteiger partial charge in [-0.3, -0.25) is 9.63 Å². The van der Waals surface area contributed by atoms with Gasteiger partial charge in [0.2, 0.25) is 5.91 Å². The van der Waals surface area contributed by atoms with Gasteiger partial charge in [-0.25, -0.2) is 5.48 Å². The third kappa shape index (κ3) is 4.58. The molecule has 0 radical (unpaired) electrons. The second kappa shape index (κ2) is 6.16. The number of hydrogen-bond acceptors (Lipinski definition) is 3. The zero-order valence-electron chi connectivity index (χ0n) is 8.95. The number of ether oxygens (including phenoxy) is 1. The van der Waals surface area contributed by atoms with Crippen molar-refractivity contribution in [1.29, 1.82) is 0 Å². The molecule has 0 saturated heterocycles. The summed E-state index contributed by atoms with van der Waals surface area (Å²) in [5, 5.41) is 0. The molecule has 4 nitrogen and oxygen atoms in total. The second-order valence-electron chi connectivity index (χ2n) is 3.20. The van der Waals surface area contributed by atoms with Crippen molar-refractivity contribution in [1.82, 2.24) is 5.48 Å². The number of hydrogen-bond donors (Lipinski definition) is 1. The van der Waals surface area contributed by atoms with Crippen molar-refractivity contribution < 1.29 is 14.4 Å². The summed E-state index contributed by atoms with van der Waals surface area (Å²) >= 11 is 0. The van der Waals surface area contributed by atoms with E-state index in [0.717, 1.165) is 11.1 Å². The lowest BCUT2D eigenvalue weighted by molar-refractivity contribution is -0.132. The second-order valence-corrected chi connectivity index (χ2v) is 3.20. The van der Waals surface area contributed by atoms with Crippen LogP contribution in [0.5, 0.6) is 0 Å². The van der Waals surface area contributed by atoms with E-state index in [1.165, 1.54) is 6.92 Å². The van der Waals surface area contributed by atoms with Crippen LogP contribution in [-0.4, -0.2) is 13.0 Å². The van der Waals surface area contributed by atoms with Crippen LogP contribution >= 0.6 is 0 Å². The molecule has 0 saturated carbocycles. The molecule has 82 valence electrons. The molecule has 15 heavy (non-hydrogen) atoms. The molecule has 0 aromatic heterocycles. The van der Waals surface area contributed by atoms with E-state index in [-0.39, 0.29) is 5.91 Å². The highest BCUT2D eigenvalue weighted by molar-refractivity contribution is 5.71. The van der Waals surface area contributed by atoms with E-state index in [0.29, 0.717) is 13.2 Å². The molecular formula is C11H15NO3. The monoisotopic (exact) mass is 209 g/mol. The van der Waals surface area contributed by atoms with Gasteiger partial charge >= 0.3 is 0 Å². The fraction of sp³-hybridized carbons (Fsp3) is 0.364. The molecule has 1 amide bonds. The number of carbonyl (C=O) groups excluding carboxylic acids is 1. The molecule has 4 heteroatoms. The topological polar surface area (TPSA) is 47.6 Å². The van der Waals surface area contributed by atoms with Gasteiger partial charge in [-0.05, 0) is 11.1 Å². The van der Waals surface area contributed by atoms with Gasteiger partial charge in [0.1, 0.15) is 0 Å². The molecule has 0 atom stereocenters. The largest absolute Gasteiger partial charge is 0.380 e. The molecule has 0 unspecified atom stereocenters. The minimum absolute atomic E-state index is 0.203. The van der Waals surface area contributed by atoms with Crippen molar-refractivity contribution in [3.8, 4) is 0 Å². The summed E-state index contributed by atoms with van der Waals surface area (Å²) in [7, 11) is 1.66. The van der Waals surface area contributed by atoms with Gasteiger partial charge in [-0.15, -0.1) is 0 Å². The lowest BCUT2D eigenvalue weighted by Gasteiger charge is -2.04. The van der Waals surface area contributed by atoms with Gasteiger partial charge in [-0.1, -0.05) is 24.3 Å². The maximum atomic E-state index is 10.5. The van der Waals surface area contributed by atoms with E-state index in [1.54, 1.807) is 7.11 Å². The van der Waals surface area contributed by atoms with Crippen LogP contribution in [0.1, 0.15) is 18.1 Å². The van der Waals surface area contributed by atoms with Crippen molar-refractivity contribution in [3.63, 3.8) is 0 Å². The standard InChI is InChI=1S/C11H15NO3/c1-9(13)12-15-8-11-5-3-10(4-6-11)7-14-2/h3-6H,7-8H2,1-2H3,(H,12,13). The van der Waals surface area contributed by atoms with Crippen LogP contribution in [0, 0.1) is 0 Å². The van der Waals surface area contributed by atoms with E-state index in [1.807, 2.05) is 24.3 Å². The normalized spacial score (nSPS) is 10.0. The summed E-state index contributed by atoms with van der Waals surface area (Å²) in [5.41, 5.74) is 4.39. The number of nitrogens with one attached hydrogen (secondary N) is 1. The molecule has 1 N–H and O–H groups in total. The van der Waals surface area contributed by atoms with E-state index < -0.39 is 0 Å². The lowest BCUT2D eigenvalue weighted by Crippen LogP contribution is -2.19. The van der Waals surface area contributed by atoms with E-state index in [4.69, 9.17) is 9.57 Å². The predicted octanol–water partition coefficient (Wildman–Crippen LogP) is 1.40. The minimum atomic E-state index is -0.203. The highest BCUT2D eigenvalue weighted by Crippen LogP contribution is 2.06. The number of rotatable bonds is 5. The van der Waals surface area contributed by atoms with Crippen LogP contribution in [0.25, 0.3) is 0 Å². The highest BCUT2D eigenvalue weighted by Gasteiger charge is 1.96. The summed E-state index contributed by atoms with van der Waals surface area (Å²) in [6, 6.07) is 7.82. The van der Waals surface area contributed by atoms with E-state index in [2.05, 4.69) is 5.48 Å². The van der Waals surface area contributed by atoms with Gasteiger partial charge in [0.15, 0.2) is 0 Å². The van der Waals surface area contributed by atoms with Gasteiger partial charge < -0.3 is 4.74 Å². The molecule has 0 spiro atoms. The summed E-state index contributed by atoms with van der Waals surface area (Å²) in [4.78, 5) is 15.5. The Labute approximate surface area is 89.1 Å². The SMILES string of the molecule is COCc1ccc(CONC(C)=O)cc1. The fourth-order valence-electron chi connectivity index (χ4n) is 1.12. The van der Waals surface area contributed by atoms with Crippen molar-refractivity contribution in [2.45, 2.75) is 20.1 Å². The number of methoxy groups -OCH3 is 1. The Bertz CT molecular complexity index is 308. The Kier molecular flexibility index (Phi) is 4.80. The summed E-state index contributed by atoms with van der Waals surface area (Å²) < 4.78 is 4.99. The smallest absolute Gasteiger partial charge is 0.240 e. The number of amides is 1. The summed E-state index contributed by atoms with van der Waals surface area (Å²) in [6.07, 6.45) is 0. The molecular weight excluding hydrogens is 194 g/mol. The van der Waals surface area contributed by atoms with Crippen molar-refractivity contribution >= 4 is 5.91 Å². The van der Waals surface area contributed by atoms with Crippen molar-refractivity contribution in [3.05, 3.63) is 35.4 Å². The molecule has 0 fully saturated rings. The molecule has 0 bridgehead atoms. The summed E-state index contributed by atoms with van der Waals surface area (Å²) in [5.74, 6) is -0.203. The first-order chi connectivity index (χ1) is 7.22. The highest BCUT2D eigenvalue weighted by atomic mass is 16.6. The number of benzene rings is 1. The number of hydroxylamine groups is 1. The first-order valence-corrected chi connectivity index (χ1v) is 4.67. The van der Waals surface area contributed by atoms with Crippen LogP contribution in [-0.2, 0) is 27.6 Å². The first kappa shape index (κ1) is 11.7. The van der Waals surface area contributed by atoms with Crippen LogP contribution in [0.4, 0.5) is 0 Å². The average Bonchev–Trinajstić information content (AvgIpc) is 2.20. The Morgan fingerprint density at radius 2 is 1.73 bits per heavy atom. The minimum Gasteiger partial charge on any atom is -0.380 e. The van der Waals surface area contributed by atoms with Crippen LogP contribution in [0.3, 0.4) is 0 Å². The fourth-order valence-corrected chi connectivity index (χ4v) is 1.12. The molecule has 0 aliphatic heterocycles. The van der Waals surface area contributed by atoms with Crippen molar-refractivity contribution in [2.75, 3.05) is 7.11 Å². The zero-order chi connectivity index (χ0) is 11.1. The molecule has 1 aromatic carbocycles. The molecule has 1 rings (SSSR count). The first-order valence-electron chi connectivity index (χ1n) is 4.67. The zero-order valence-corrected chi connectivity index (χ0v) is 8.95. The molecule has 0 aliphatic carbocycles. The van der Waals surface area contributed by atoms with Gasteiger partial charge in [-0.2, -0.15) is 0 Å². The average molecular weight is 209 g/mol. The molecule has 0 aliphatic rings. The van der Waals surface area contributed by atoms with E-state index in [9.17, 15) is 4.79 Å². The lowest BCUT2D eigenvalue weighted by atomic mass is 10.1. The molecule has 1 aromatic rings. The van der Waals surface area contributed by atoms with Crippen molar-refractivity contribution in [2.24, 2.45) is 0 Å². The molecule has 0 heterocycles. The van der Waals surface area contributed by atoms with Gasteiger partial charge in [0.05, 0.1) is 13.2 Å². The Morgan fingerprint density at radius 1 is 1.20 bits per heavy atom. The quantitative estimate of drug-likeness (QED) is 0.746. The van der Waals surface area contributed by atoms with E-state index >= 15 is 0 Å². The predicted molar refractivity (Wildman–Crippen MR) is 55.8 cm³/mol. The maximum absolute atomic E-state index is 10.5. The third-order valence-electron chi connectivity index (χ3n) is 1.79. The van der Waals surface area contributed by atoms with Gasteiger partial charge in [0.25, 0.3) is 0 Å². The van der Waals surface area contributed by atoms with Gasteiger partial charge in [0, 0.05) is 14.0 Å². The Balaban J connectivity index is 2.39. The van der Waals surface area contributed by atoms with Crippen LogP contribution in [0.2, 0.25) is 0 Å². The van der Waals surface area contributed by atoms with Crippen LogP contribution < -0.4 is 5.48 Å². The maximum Gasteiger partial charge on any atom is 0.240 e. The Morgan fingerprint density at radius 3 is 2.20 bits per heavy atom. The Hall–Kier alpha value is -1.39.